The molecule has 6 heteroatoms. The van der Waals surface area contributed by atoms with Gasteiger partial charge in [-0.25, -0.2) is 9.97 Å². The van der Waals surface area contributed by atoms with Crippen molar-refractivity contribution in [2.24, 2.45) is 27.5 Å². The van der Waals surface area contributed by atoms with Crippen LogP contribution in [0.3, 0.4) is 0 Å². The highest BCUT2D eigenvalue weighted by molar-refractivity contribution is 7.12. The highest BCUT2D eigenvalue weighted by Gasteiger charge is 2.65. The molecular formula is C13H12N4S2. The molecule has 1 fully saturated rings. The van der Waals surface area contributed by atoms with Gasteiger partial charge in [0.15, 0.2) is 0 Å². The zero-order valence-electron chi connectivity index (χ0n) is 10.6. The smallest absolute Gasteiger partial charge is 0.139 e. The van der Waals surface area contributed by atoms with E-state index in [-0.39, 0.29) is 5.41 Å². The Morgan fingerprint density at radius 3 is 1.74 bits per heavy atom. The molecule has 19 heavy (non-hydrogen) atoms. The molecule has 1 aliphatic carbocycles. The second-order valence-corrected chi connectivity index (χ2v) is 7.21. The number of hydrogen-bond acceptors (Lipinski definition) is 6. The summed E-state index contributed by atoms with van der Waals surface area (Å²) in [5, 5.41) is 14.9. The lowest BCUT2D eigenvalue weighted by Crippen LogP contribution is -2.15. The minimum Gasteiger partial charge on any atom is -0.243 e. The van der Waals surface area contributed by atoms with Crippen molar-refractivity contribution in [3.63, 3.8) is 0 Å². The van der Waals surface area contributed by atoms with Crippen LogP contribution in [0.25, 0.3) is 0 Å². The van der Waals surface area contributed by atoms with E-state index in [9.17, 15) is 0 Å². The summed E-state index contributed by atoms with van der Waals surface area (Å²) < 4.78 is 0. The highest BCUT2D eigenvalue weighted by atomic mass is 32.1. The first-order valence-electron chi connectivity index (χ1n) is 6.15. The quantitative estimate of drug-likeness (QED) is 0.852. The SMILES string of the molecule is CC1(C)[C@@H]2C(c3nccs3)=NN=C(c3nccs3)[C@@H]21. The lowest BCUT2D eigenvalue weighted by molar-refractivity contribution is 0.603. The molecule has 0 N–H and O–H groups in total. The van der Waals surface area contributed by atoms with Crippen molar-refractivity contribution in [3.8, 4) is 0 Å². The van der Waals surface area contributed by atoms with E-state index >= 15 is 0 Å². The summed E-state index contributed by atoms with van der Waals surface area (Å²) in [4.78, 5) is 8.75. The number of hydrogen-bond donors (Lipinski definition) is 0. The largest absolute Gasteiger partial charge is 0.243 e. The van der Waals surface area contributed by atoms with E-state index in [4.69, 9.17) is 0 Å². The van der Waals surface area contributed by atoms with Crippen LogP contribution in [0.4, 0.5) is 0 Å². The van der Waals surface area contributed by atoms with Gasteiger partial charge in [-0.05, 0) is 5.41 Å². The maximum atomic E-state index is 4.45. The standard InChI is InChI=1S/C13H12N4S2/c1-13(2)7-8(13)10(12-15-4-6-19-12)17-16-9(7)11-14-3-5-18-11/h3-8H,1-2H3/t7-,8+. The van der Waals surface area contributed by atoms with E-state index in [2.05, 4.69) is 34.0 Å². The van der Waals surface area contributed by atoms with Crippen LogP contribution in [0, 0.1) is 17.3 Å². The lowest BCUT2D eigenvalue weighted by Gasteiger charge is -2.07. The van der Waals surface area contributed by atoms with Crippen molar-refractivity contribution < 1.29 is 0 Å². The van der Waals surface area contributed by atoms with Gasteiger partial charge in [-0.1, -0.05) is 13.8 Å². The van der Waals surface area contributed by atoms with Gasteiger partial charge in [0.1, 0.15) is 21.4 Å². The molecule has 4 nitrogen and oxygen atoms in total. The molecule has 3 heterocycles. The molecule has 2 aromatic rings. The van der Waals surface area contributed by atoms with Gasteiger partial charge in [-0.2, -0.15) is 10.2 Å². The molecule has 2 aromatic heterocycles. The van der Waals surface area contributed by atoms with Gasteiger partial charge in [-0.3, -0.25) is 0 Å². The molecule has 96 valence electrons. The Hall–Kier alpha value is -1.40. The number of nitrogens with zero attached hydrogens (tertiary/aromatic N) is 4. The number of rotatable bonds is 2. The van der Waals surface area contributed by atoms with E-state index < -0.39 is 0 Å². The fraction of sp³-hybridized carbons (Fsp3) is 0.385. The van der Waals surface area contributed by atoms with Gasteiger partial charge in [0.2, 0.25) is 0 Å². The molecular weight excluding hydrogens is 276 g/mol. The van der Waals surface area contributed by atoms with Crippen LogP contribution in [0.2, 0.25) is 0 Å². The van der Waals surface area contributed by atoms with E-state index in [0.29, 0.717) is 11.8 Å². The van der Waals surface area contributed by atoms with Crippen molar-refractivity contribution in [2.45, 2.75) is 13.8 Å². The molecule has 1 saturated carbocycles. The van der Waals surface area contributed by atoms with Crippen LogP contribution < -0.4 is 0 Å². The third-order valence-electron chi connectivity index (χ3n) is 3.98. The second kappa shape index (κ2) is 3.80. The molecule has 0 saturated heterocycles. The Labute approximate surface area is 119 Å². The first kappa shape index (κ1) is 11.4. The first-order chi connectivity index (χ1) is 9.19. The topological polar surface area (TPSA) is 50.5 Å². The molecule has 0 amide bonds. The van der Waals surface area contributed by atoms with E-state index in [0.717, 1.165) is 21.4 Å². The summed E-state index contributed by atoms with van der Waals surface area (Å²) in [5.74, 6) is 0.852. The van der Waals surface area contributed by atoms with E-state index in [1.165, 1.54) is 0 Å². The van der Waals surface area contributed by atoms with Gasteiger partial charge < -0.3 is 0 Å². The predicted octanol–water partition coefficient (Wildman–Crippen LogP) is 3.08. The number of aromatic nitrogens is 2. The third-order valence-corrected chi connectivity index (χ3v) is 5.58. The molecule has 0 spiro atoms. The summed E-state index contributed by atoms with van der Waals surface area (Å²) in [5.41, 5.74) is 2.29. The molecule has 2 atom stereocenters. The Kier molecular flexibility index (Phi) is 2.29. The normalized spacial score (nSPS) is 27.5. The van der Waals surface area contributed by atoms with Gasteiger partial charge in [0.25, 0.3) is 0 Å². The fourth-order valence-corrected chi connectivity index (χ4v) is 4.26. The Bertz CT molecular complexity index is 609. The number of thiazole rings is 2. The second-order valence-electron chi connectivity index (χ2n) is 5.42. The fourth-order valence-electron chi connectivity index (χ4n) is 2.94. The average Bonchev–Trinajstić information content (AvgIpc) is 2.96. The van der Waals surface area contributed by atoms with Crippen molar-refractivity contribution >= 4 is 34.1 Å². The van der Waals surface area contributed by atoms with Crippen LogP contribution in [-0.4, -0.2) is 21.4 Å². The monoisotopic (exact) mass is 288 g/mol. The average molecular weight is 288 g/mol. The number of fused-ring (bicyclic) bond motifs is 1. The van der Waals surface area contributed by atoms with Crippen LogP contribution in [-0.2, 0) is 0 Å². The van der Waals surface area contributed by atoms with Crippen molar-refractivity contribution in [2.75, 3.05) is 0 Å². The molecule has 0 radical (unpaired) electrons. The zero-order chi connectivity index (χ0) is 13.0. The van der Waals surface area contributed by atoms with Crippen molar-refractivity contribution in [1.29, 1.82) is 0 Å². The van der Waals surface area contributed by atoms with Crippen LogP contribution in [0.5, 0.6) is 0 Å². The Morgan fingerprint density at radius 1 is 0.895 bits per heavy atom. The van der Waals surface area contributed by atoms with Crippen LogP contribution >= 0.6 is 22.7 Å². The van der Waals surface area contributed by atoms with E-state index in [1.54, 1.807) is 22.7 Å². The minimum atomic E-state index is 0.200. The summed E-state index contributed by atoms with van der Waals surface area (Å²) in [6.45, 7) is 4.56. The first-order valence-corrected chi connectivity index (χ1v) is 7.90. The molecule has 1 aliphatic heterocycles. The maximum Gasteiger partial charge on any atom is 0.139 e. The van der Waals surface area contributed by atoms with Gasteiger partial charge in [-0.15, -0.1) is 22.7 Å². The zero-order valence-corrected chi connectivity index (χ0v) is 12.2. The van der Waals surface area contributed by atoms with Gasteiger partial charge in [0, 0.05) is 35.0 Å². The summed E-state index contributed by atoms with van der Waals surface area (Å²) in [6, 6.07) is 0. The van der Waals surface area contributed by atoms with Gasteiger partial charge in [0.05, 0.1) is 0 Å². The van der Waals surface area contributed by atoms with Crippen molar-refractivity contribution in [1.82, 2.24) is 9.97 Å². The summed E-state index contributed by atoms with van der Waals surface area (Å²) in [7, 11) is 0. The van der Waals surface area contributed by atoms with Crippen molar-refractivity contribution in [3.05, 3.63) is 33.2 Å². The van der Waals surface area contributed by atoms with Crippen LogP contribution in [0.1, 0.15) is 23.9 Å². The molecule has 0 bridgehead atoms. The Morgan fingerprint density at radius 2 is 1.37 bits per heavy atom. The third kappa shape index (κ3) is 1.56. The summed E-state index contributed by atoms with van der Waals surface area (Å²) >= 11 is 3.27. The molecule has 4 rings (SSSR count). The van der Waals surface area contributed by atoms with E-state index in [1.807, 2.05) is 23.2 Å². The van der Waals surface area contributed by atoms with Crippen LogP contribution in [0.15, 0.2) is 33.4 Å². The predicted molar refractivity (Wildman–Crippen MR) is 78.1 cm³/mol. The molecule has 0 aromatic carbocycles. The summed E-state index contributed by atoms with van der Waals surface area (Å²) in [6.07, 6.45) is 3.65. The Balaban J connectivity index is 1.81. The molecule has 2 aliphatic rings. The minimum absolute atomic E-state index is 0.200. The highest BCUT2D eigenvalue weighted by Crippen LogP contribution is 2.62. The van der Waals surface area contributed by atoms with Gasteiger partial charge >= 0.3 is 0 Å². The molecule has 0 unspecified atom stereocenters. The lowest BCUT2D eigenvalue weighted by atomic mass is 10.1. The maximum absolute atomic E-state index is 4.45.